The van der Waals surface area contributed by atoms with Gasteiger partial charge in [0.2, 0.25) is 0 Å². The van der Waals surface area contributed by atoms with Crippen molar-refractivity contribution in [3.8, 4) is 0 Å². The summed E-state index contributed by atoms with van der Waals surface area (Å²) in [6.45, 7) is 2.79. The van der Waals surface area contributed by atoms with Crippen LogP contribution in [0.4, 0.5) is 0 Å². The monoisotopic (exact) mass is 275 g/mol. The van der Waals surface area contributed by atoms with Crippen LogP contribution in [0.25, 0.3) is 10.2 Å². The van der Waals surface area contributed by atoms with Gasteiger partial charge in [-0.2, -0.15) is 0 Å². The van der Waals surface area contributed by atoms with Crippen LogP contribution in [0.3, 0.4) is 0 Å². The lowest BCUT2D eigenvalue weighted by atomic mass is 9.93. The number of ether oxygens (including phenoxy) is 1. The van der Waals surface area contributed by atoms with Crippen LogP contribution in [-0.4, -0.2) is 23.5 Å². The van der Waals surface area contributed by atoms with Gasteiger partial charge in [-0.3, -0.25) is 4.79 Å². The molecule has 1 aromatic carbocycles. The molecule has 0 amide bonds. The summed E-state index contributed by atoms with van der Waals surface area (Å²) in [7, 11) is 0. The van der Waals surface area contributed by atoms with Crippen molar-refractivity contribution in [3.63, 3.8) is 0 Å². The van der Waals surface area contributed by atoms with E-state index >= 15 is 0 Å². The highest BCUT2D eigenvalue weighted by Crippen LogP contribution is 2.27. The van der Waals surface area contributed by atoms with E-state index in [1.807, 2.05) is 18.2 Å². The minimum Gasteiger partial charge on any atom is -0.377 e. The van der Waals surface area contributed by atoms with E-state index in [-0.39, 0.29) is 17.8 Å². The fourth-order valence-electron chi connectivity index (χ4n) is 2.69. The van der Waals surface area contributed by atoms with Gasteiger partial charge in [0.1, 0.15) is 10.8 Å². The number of ketones is 1. The highest BCUT2D eigenvalue weighted by Gasteiger charge is 2.32. The van der Waals surface area contributed by atoms with Gasteiger partial charge in [0.25, 0.3) is 0 Å². The molecule has 1 fully saturated rings. The number of Topliss-reactive ketones (excluding diaryl/α,β-unsaturated/α-hetero) is 1. The predicted molar refractivity (Wildman–Crippen MR) is 76.5 cm³/mol. The Balaban J connectivity index is 1.75. The predicted octanol–water partition coefficient (Wildman–Crippen LogP) is 3.22. The molecule has 1 saturated heterocycles. The Morgan fingerprint density at radius 1 is 1.47 bits per heavy atom. The quantitative estimate of drug-likeness (QED) is 0.860. The van der Waals surface area contributed by atoms with Crippen molar-refractivity contribution in [2.75, 3.05) is 6.61 Å². The minimum absolute atomic E-state index is 0.0667. The number of fused-ring (bicyclic) bond motifs is 1. The molecule has 2 unspecified atom stereocenters. The lowest BCUT2D eigenvalue weighted by Gasteiger charge is -2.14. The van der Waals surface area contributed by atoms with E-state index in [1.165, 1.54) is 0 Å². The van der Waals surface area contributed by atoms with E-state index in [9.17, 15) is 4.79 Å². The van der Waals surface area contributed by atoms with Crippen LogP contribution < -0.4 is 0 Å². The third-order valence-corrected chi connectivity index (χ3v) is 4.73. The molecule has 1 aliphatic rings. The van der Waals surface area contributed by atoms with Gasteiger partial charge in [-0.15, -0.1) is 11.3 Å². The molecule has 0 saturated carbocycles. The zero-order valence-electron chi connectivity index (χ0n) is 11.0. The number of carbonyl (C=O) groups excluding carboxylic acids is 1. The van der Waals surface area contributed by atoms with Gasteiger partial charge >= 0.3 is 0 Å². The number of hydrogen-bond donors (Lipinski definition) is 0. The topological polar surface area (TPSA) is 39.2 Å². The molecular weight excluding hydrogens is 258 g/mol. The zero-order valence-corrected chi connectivity index (χ0v) is 11.8. The summed E-state index contributed by atoms with van der Waals surface area (Å²) in [6.07, 6.45) is 2.34. The third-order valence-electron chi connectivity index (χ3n) is 3.69. The molecule has 0 bridgehead atoms. The molecule has 0 spiro atoms. The molecule has 1 aromatic heterocycles. The smallest absolute Gasteiger partial charge is 0.145 e. The summed E-state index contributed by atoms with van der Waals surface area (Å²) >= 11 is 1.62. The Kier molecular flexibility index (Phi) is 3.62. The van der Waals surface area contributed by atoms with Crippen molar-refractivity contribution in [3.05, 3.63) is 29.3 Å². The first-order valence-electron chi connectivity index (χ1n) is 6.76. The first-order chi connectivity index (χ1) is 9.28. The zero-order chi connectivity index (χ0) is 13.2. The third kappa shape index (κ3) is 2.55. The van der Waals surface area contributed by atoms with Gasteiger partial charge in [-0.25, -0.2) is 4.98 Å². The number of hydrogen-bond acceptors (Lipinski definition) is 4. The van der Waals surface area contributed by atoms with E-state index in [0.29, 0.717) is 6.42 Å². The summed E-state index contributed by atoms with van der Waals surface area (Å²) in [4.78, 5) is 16.9. The van der Waals surface area contributed by atoms with Gasteiger partial charge in [-0.1, -0.05) is 19.1 Å². The van der Waals surface area contributed by atoms with Crippen LogP contribution in [0, 0.1) is 5.92 Å². The summed E-state index contributed by atoms with van der Waals surface area (Å²) in [5.74, 6) is 0.348. The summed E-state index contributed by atoms with van der Waals surface area (Å²) in [5.41, 5.74) is 0.991. The molecule has 0 aliphatic carbocycles. The van der Waals surface area contributed by atoms with Gasteiger partial charge in [-0.05, 0) is 25.0 Å². The highest BCUT2D eigenvalue weighted by atomic mass is 32.1. The second-order valence-electron chi connectivity index (χ2n) is 4.93. The fourth-order valence-corrected chi connectivity index (χ4v) is 3.67. The van der Waals surface area contributed by atoms with Crippen molar-refractivity contribution in [1.82, 2.24) is 4.98 Å². The van der Waals surface area contributed by atoms with Crippen molar-refractivity contribution in [1.29, 1.82) is 0 Å². The van der Waals surface area contributed by atoms with E-state index in [2.05, 4.69) is 18.0 Å². The number of para-hydroxylation sites is 1. The number of benzene rings is 1. The maximum absolute atomic E-state index is 12.3. The number of aromatic nitrogens is 1. The molecule has 4 heteroatoms. The average molecular weight is 275 g/mol. The first-order valence-corrected chi connectivity index (χ1v) is 7.58. The lowest BCUT2D eigenvalue weighted by molar-refractivity contribution is -0.123. The second-order valence-corrected chi connectivity index (χ2v) is 6.05. The van der Waals surface area contributed by atoms with Crippen LogP contribution in [0.1, 0.15) is 24.8 Å². The number of nitrogens with zero attached hydrogens (tertiary/aromatic N) is 1. The summed E-state index contributed by atoms with van der Waals surface area (Å²) in [5, 5.41) is 0.924. The second kappa shape index (κ2) is 5.39. The minimum atomic E-state index is 0.0667. The van der Waals surface area contributed by atoms with E-state index in [4.69, 9.17) is 4.74 Å². The van der Waals surface area contributed by atoms with Crippen LogP contribution in [0.15, 0.2) is 24.3 Å². The van der Waals surface area contributed by atoms with Crippen molar-refractivity contribution in [2.45, 2.75) is 32.3 Å². The van der Waals surface area contributed by atoms with Gasteiger partial charge in [0.15, 0.2) is 0 Å². The van der Waals surface area contributed by atoms with Crippen LogP contribution in [0.2, 0.25) is 0 Å². The van der Waals surface area contributed by atoms with Gasteiger partial charge in [0.05, 0.1) is 22.7 Å². The normalized spacial score (nSPS) is 23.0. The molecule has 2 atom stereocenters. The average Bonchev–Trinajstić information content (AvgIpc) is 3.03. The Morgan fingerprint density at radius 3 is 3.11 bits per heavy atom. The highest BCUT2D eigenvalue weighted by molar-refractivity contribution is 7.18. The summed E-state index contributed by atoms with van der Waals surface area (Å²) < 4.78 is 6.75. The number of thiazole rings is 1. The molecule has 1 aliphatic heterocycles. The van der Waals surface area contributed by atoms with Gasteiger partial charge in [0, 0.05) is 12.5 Å². The molecule has 0 radical (unpaired) electrons. The maximum atomic E-state index is 12.3. The maximum Gasteiger partial charge on any atom is 0.145 e. The van der Waals surface area contributed by atoms with Gasteiger partial charge < -0.3 is 4.74 Å². The molecule has 2 heterocycles. The van der Waals surface area contributed by atoms with Crippen molar-refractivity contribution in [2.24, 2.45) is 5.92 Å². The van der Waals surface area contributed by atoms with E-state index < -0.39 is 0 Å². The molecule has 100 valence electrons. The standard InChI is InChI=1S/C15H17NO2S/c1-2-13-10(7-8-18-13)12(17)9-15-16-11-5-3-4-6-14(11)19-15/h3-6,10,13H,2,7-9H2,1H3. The Hall–Kier alpha value is -1.26. The molecule has 0 N–H and O–H groups in total. The largest absolute Gasteiger partial charge is 0.377 e. The molecule has 3 nitrogen and oxygen atoms in total. The fraction of sp³-hybridized carbons (Fsp3) is 0.467. The lowest BCUT2D eigenvalue weighted by Crippen LogP contribution is -2.25. The molecule has 19 heavy (non-hydrogen) atoms. The van der Waals surface area contributed by atoms with Crippen molar-refractivity contribution >= 4 is 27.3 Å². The summed E-state index contributed by atoms with van der Waals surface area (Å²) in [6, 6.07) is 8.03. The molecular formula is C15H17NO2S. The SMILES string of the molecule is CCC1OCCC1C(=O)Cc1nc2ccccc2s1. The van der Waals surface area contributed by atoms with Crippen LogP contribution >= 0.6 is 11.3 Å². The number of carbonyl (C=O) groups is 1. The van der Waals surface area contributed by atoms with E-state index in [0.717, 1.165) is 34.7 Å². The molecule has 3 rings (SSSR count). The van der Waals surface area contributed by atoms with Crippen LogP contribution in [0.5, 0.6) is 0 Å². The van der Waals surface area contributed by atoms with Crippen LogP contribution in [-0.2, 0) is 16.0 Å². The van der Waals surface area contributed by atoms with E-state index in [1.54, 1.807) is 11.3 Å². The first kappa shape index (κ1) is 12.8. The van der Waals surface area contributed by atoms with Crippen molar-refractivity contribution < 1.29 is 9.53 Å². The molecule has 2 aromatic rings. The Bertz CT molecular complexity index is 560. The number of rotatable bonds is 4. The Morgan fingerprint density at radius 2 is 2.32 bits per heavy atom. The Labute approximate surface area is 116 Å².